The van der Waals surface area contributed by atoms with Crippen LogP contribution in [0.5, 0.6) is 5.88 Å². The van der Waals surface area contributed by atoms with Gasteiger partial charge in [-0.2, -0.15) is 0 Å². The molecule has 0 unspecified atom stereocenters. The maximum absolute atomic E-state index is 11.9. The number of rotatable bonds is 4. The van der Waals surface area contributed by atoms with Gasteiger partial charge in [-0.05, 0) is 17.7 Å². The number of hydrogen-bond acceptors (Lipinski definition) is 4. The van der Waals surface area contributed by atoms with Gasteiger partial charge in [0, 0.05) is 12.1 Å². The molecule has 106 valence electrons. The molecule has 0 aliphatic rings. The predicted octanol–water partition coefficient (Wildman–Crippen LogP) is 1.21. The molecule has 0 bridgehead atoms. The smallest absolute Gasteiger partial charge is 0.331 e. The molecule has 2 rings (SSSR count). The van der Waals surface area contributed by atoms with E-state index >= 15 is 0 Å². The van der Waals surface area contributed by atoms with Crippen LogP contribution in [0.2, 0.25) is 5.02 Å². The molecule has 0 aliphatic heterocycles. The molecule has 1 heterocycles. The van der Waals surface area contributed by atoms with Crippen molar-refractivity contribution in [1.29, 1.82) is 0 Å². The van der Waals surface area contributed by atoms with Gasteiger partial charge in [-0.25, -0.2) is 4.79 Å². The average Bonchev–Trinajstić information content (AvgIpc) is 2.40. The molecule has 0 saturated carbocycles. The standard InChI is InChI=1S/C13H13ClN2O4/c1-20-7-6-16-12(18)10(11(17)15-13(16)19)8-2-4-9(14)5-3-8/h2-5,18H,6-7H2,1H3,(H,15,17,19). The summed E-state index contributed by atoms with van der Waals surface area (Å²) in [6, 6.07) is 6.39. The first-order valence-electron chi connectivity index (χ1n) is 5.85. The zero-order chi connectivity index (χ0) is 14.7. The van der Waals surface area contributed by atoms with Crippen molar-refractivity contribution in [2.45, 2.75) is 6.54 Å². The van der Waals surface area contributed by atoms with Gasteiger partial charge in [0.15, 0.2) is 0 Å². The van der Waals surface area contributed by atoms with E-state index < -0.39 is 17.1 Å². The van der Waals surface area contributed by atoms with Gasteiger partial charge in [0.05, 0.1) is 13.2 Å². The third-order valence-electron chi connectivity index (χ3n) is 2.82. The monoisotopic (exact) mass is 296 g/mol. The minimum absolute atomic E-state index is 0.0253. The molecular weight excluding hydrogens is 284 g/mol. The van der Waals surface area contributed by atoms with Crippen LogP contribution >= 0.6 is 11.6 Å². The minimum atomic E-state index is -0.678. The van der Waals surface area contributed by atoms with Crippen LogP contribution < -0.4 is 11.2 Å². The van der Waals surface area contributed by atoms with Crippen molar-refractivity contribution in [2.75, 3.05) is 13.7 Å². The molecular formula is C13H13ClN2O4. The van der Waals surface area contributed by atoms with Gasteiger partial charge in [0.2, 0.25) is 5.88 Å². The Morgan fingerprint density at radius 1 is 1.30 bits per heavy atom. The highest BCUT2D eigenvalue weighted by atomic mass is 35.5. The van der Waals surface area contributed by atoms with E-state index in [0.29, 0.717) is 10.6 Å². The lowest BCUT2D eigenvalue weighted by atomic mass is 10.1. The van der Waals surface area contributed by atoms with Crippen molar-refractivity contribution >= 4 is 11.6 Å². The van der Waals surface area contributed by atoms with E-state index in [1.54, 1.807) is 24.3 Å². The number of aromatic nitrogens is 2. The lowest BCUT2D eigenvalue weighted by Gasteiger charge is -2.11. The summed E-state index contributed by atoms with van der Waals surface area (Å²) in [7, 11) is 1.48. The number of benzene rings is 1. The maximum Gasteiger partial charge on any atom is 0.331 e. The lowest BCUT2D eigenvalue weighted by molar-refractivity contribution is 0.182. The van der Waals surface area contributed by atoms with Gasteiger partial charge >= 0.3 is 5.69 Å². The number of nitrogens with one attached hydrogen (secondary N) is 1. The highest BCUT2D eigenvalue weighted by Gasteiger charge is 2.15. The summed E-state index contributed by atoms with van der Waals surface area (Å²) in [5, 5.41) is 10.7. The summed E-state index contributed by atoms with van der Waals surface area (Å²) in [6.45, 7) is 0.373. The Labute approximate surface area is 119 Å². The lowest BCUT2D eigenvalue weighted by Crippen LogP contribution is -2.32. The molecule has 0 fully saturated rings. The first kappa shape index (κ1) is 14.4. The Morgan fingerprint density at radius 2 is 1.95 bits per heavy atom. The van der Waals surface area contributed by atoms with Gasteiger partial charge in [0.1, 0.15) is 5.56 Å². The van der Waals surface area contributed by atoms with Crippen LogP contribution in [-0.4, -0.2) is 28.4 Å². The zero-order valence-corrected chi connectivity index (χ0v) is 11.5. The second-order valence-corrected chi connectivity index (χ2v) is 4.55. The number of halogens is 1. The van der Waals surface area contributed by atoms with Crippen molar-refractivity contribution < 1.29 is 9.84 Å². The quantitative estimate of drug-likeness (QED) is 0.888. The molecule has 20 heavy (non-hydrogen) atoms. The van der Waals surface area contributed by atoms with E-state index in [1.165, 1.54) is 7.11 Å². The van der Waals surface area contributed by atoms with E-state index in [2.05, 4.69) is 4.98 Å². The van der Waals surface area contributed by atoms with Crippen molar-refractivity contribution in [3.05, 3.63) is 50.1 Å². The van der Waals surface area contributed by atoms with Crippen LogP contribution in [0.4, 0.5) is 0 Å². The molecule has 0 spiro atoms. The normalized spacial score (nSPS) is 10.7. The predicted molar refractivity (Wildman–Crippen MR) is 75.3 cm³/mol. The van der Waals surface area contributed by atoms with Crippen LogP contribution in [0.15, 0.2) is 33.9 Å². The maximum atomic E-state index is 11.9. The number of hydrogen-bond donors (Lipinski definition) is 2. The van der Waals surface area contributed by atoms with Crippen LogP contribution in [0.1, 0.15) is 0 Å². The molecule has 2 N–H and O–H groups in total. The van der Waals surface area contributed by atoms with E-state index in [9.17, 15) is 14.7 Å². The first-order chi connectivity index (χ1) is 9.54. The fourth-order valence-electron chi connectivity index (χ4n) is 1.83. The van der Waals surface area contributed by atoms with E-state index in [1.807, 2.05) is 0 Å². The number of ether oxygens (including phenoxy) is 1. The summed E-state index contributed by atoms with van der Waals surface area (Å²) >= 11 is 5.78. The van der Waals surface area contributed by atoms with E-state index in [-0.39, 0.29) is 18.7 Å². The first-order valence-corrected chi connectivity index (χ1v) is 6.23. The van der Waals surface area contributed by atoms with Gasteiger partial charge in [-0.15, -0.1) is 0 Å². The minimum Gasteiger partial charge on any atom is -0.494 e. The Hall–Kier alpha value is -2.05. The molecule has 0 saturated heterocycles. The molecule has 0 amide bonds. The topological polar surface area (TPSA) is 84.3 Å². The molecule has 0 radical (unpaired) electrons. The molecule has 0 aliphatic carbocycles. The summed E-state index contributed by atoms with van der Waals surface area (Å²) in [6.07, 6.45) is 0. The number of methoxy groups -OCH3 is 1. The average molecular weight is 297 g/mol. The van der Waals surface area contributed by atoms with E-state index in [0.717, 1.165) is 4.57 Å². The Bertz CT molecular complexity index is 719. The highest BCUT2D eigenvalue weighted by Crippen LogP contribution is 2.25. The molecule has 2 aromatic rings. The fraction of sp³-hybridized carbons (Fsp3) is 0.231. The van der Waals surface area contributed by atoms with Crippen LogP contribution in [0, 0.1) is 0 Å². The van der Waals surface area contributed by atoms with Crippen molar-refractivity contribution in [3.63, 3.8) is 0 Å². The van der Waals surface area contributed by atoms with Crippen LogP contribution in [0.3, 0.4) is 0 Å². The molecule has 7 heteroatoms. The number of H-pyrrole nitrogens is 1. The highest BCUT2D eigenvalue weighted by molar-refractivity contribution is 6.30. The molecule has 6 nitrogen and oxygen atoms in total. The Kier molecular flexibility index (Phi) is 4.26. The zero-order valence-electron chi connectivity index (χ0n) is 10.7. The Balaban J connectivity index is 2.61. The van der Waals surface area contributed by atoms with Crippen LogP contribution in [-0.2, 0) is 11.3 Å². The van der Waals surface area contributed by atoms with Crippen molar-refractivity contribution in [3.8, 4) is 17.0 Å². The van der Waals surface area contributed by atoms with Crippen molar-refractivity contribution in [2.24, 2.45) is 0 Å². The second kappa shape index (κ2) is 5.94. The number of aromatic amines is 1. The number of aromatic hydroxyl groups is 1. The van der Waals surface area contributed by atoms with Gasteiger partial charge in [-0.3, -0.25) is 14.3 Å². The van der Waals surface area contributed by atoms with Crippen LogP contribution in [0.25, 0.3) is 11.1 Å². The Morgan fingerprint density at radius 3 is 2.55 bits per heavy atom. The van der Waals surface area contributed by atoms with Crippen molar-refractivity contribution in [1.82, 2.24) is 9.55 Å². The molecule has 0 atom stereocenters. The summed E-state index contributed by atoms with van der Waals surface area (Å²) in [5.74, 6) is -0.391. The summed E-state index contributed by atoms with van der Waals surface area (Å²) in [4.78, 5) is 25.7. The molecule has 1 aromatic carbocycles. The van der Waals surface area contributed by atoms with E-state index in [4.69, 9.17) is 16.3 Å². The summed E-state index contributed by atoms with van der Waals surface area (Å²) < 4.78 is 5.92. The number of nitrogens with zero attached hydrogens (tertiary/aromatic N) is 1. The third-order valence-corrected chi connectivity index (χ3v) is 3.08. The van der Waals surface area contributed by atoms with Gasteiger partial charge < -0.3 is 9.84 Å². The SMILES string of the molecule is COCCn1c(O)c(-c2ccc(Cl)cc2)c(=O)[nH]c1=O. The third kappa shape index (κ3) is 2.76. The second-order valence-electron chi connectivity index (χ2n) is 4.11. The van der Waals surface area contributed by atoms with Gasteiger partial charge in [-0.1, -0.05) is 23.7 Å². The fourth-order valence-corrected chi connectivity index (χ4v) is 1.95. The summed E-state index contributed by atoms with van der Waals surface area (Å²) in [5.41, 5.74) is -0.831. The largest absolute Gasteiger partial charge is 0.494 e. The molecule has 1 aromatic heterocycles. The van der Waals surface area contributed by atoms with Gasteiger partial charge in [0.25, 0.3) is 5.56 Å².